The van der Waals surface area contributed by atoms with Crippen molar-refractivity contribution < 1.29 is 4.79 Å². The number of pyridine rings is 1. The number of hydrogen-bond acceptors (Lipinski definition) is 2. The number of amides is 1. The van der Waals surface area contributed by atoms with E-state index in [4.69, 9.17) is 23.2 Å². The highest BCUT2D eigenvalue weighted by atomic mass is 35.5. The number of carbonyl (C=O) groups is 1. The number of hydrogen-bond donors (Lipinski definition) is 2. The van der Waals surface area contributed by atoms with Crippen LogP contribution < -0.4 is 10.7 Å². The van der Waals surface area contributed by atoms with Gasteiger partial charge in [-0.05, 0) is 36.4 Å². The Morgan fingerprint density at radius 2 is 1.82 bits per heavy atom. The van der Waals surface area contributed by atoms with E-state index in [1.165, 1.54) is 12.3 Å². The number of aromatic amines is 1. The molecule has 3 rings (SSSR count). The van der Waals surface area contributed by atoms with Crippen LogP contribution >= 0.6 is 23.2 Å². The number of fused-ring (bicyclic) bond motifs is 1. The molecule has 0 aliphatic rings. The molecule has 2 N–H and O–H groups in total. The SMILES string of the molecule is O=C(Nc1cccc(Cl)c1)c1c[nH]c2ccc(Cl)cc2c1=O. The Kier molecular flexibility index (Phi) is 3.88. The molecule has 22 heavy (non-hydrogen) atoms. The van der Waals surface area contributed by atoms with Gasteiger partial charge in [0.2, 0.25) is 5.43 Å². The summed E-state index contributed by atoms with van der Waals surface area (Å²) in [4.78, 5) is 27.6. The molecule has 6 heteroatoms. The fraction of sp³-hybridized carbons (Fsp3) is 0. The second-order valence-corrected chi connectivity index (χ2v) is 5.56. The summed E-state index contributed by atoms with van der Waals surface area (Å²) in [5.41, 5.74) is 0.766. The van der Waals surface area contributed by atoms with Crippen LogP contribution in [-0.2, 0) is 0 Å². The van der Waals surface area contributed by atoms with Crippen LogP contribution in [0.25, 0.3) is 10.9 Å². The van der Waals surface area contributed by atoms with Crippen molar-refractivity contribution in [3.8, 4) is 0 Å². The van der Waals surface area contributed by atoms with Gasteiger partial charge in [0.25, 0.3) is 5.91 Å². The molecule has 1 amide bonds. The first-order chi connectivity index (χ1) is 10.5. The van der Waals surface area contributed by atoms with Crippen molar-refractivity contribution >= 4 is 45.7 Å². The first-order valence-electron chi connectivity index (χ1n) is 6.42. The summed E-state index contributed by atoms with van der Waals surface area (Å²) >= 11 is 11.8. The van der Waals surface area contributed by atoms with Crippen molar-refractivity contribution in [2.75, 3.05) is 5.32 Å². The highest BCUT2D eigenvalue weighted by molar-refractivity contribution is 6.31. The van der Waals surface area contributed by atoms with Gasteiger partial charge in [0, 0.05) is 32.8 Å². The first kappa shape index (κ1) is 14.6. The Morgan fingerprint density at radius 3 is 2.59 bits per heavy atom. The molecule has 1 heterocycles. The van der Waals surface area contributed by atoms with E-state index in [1.54, 1.807) is 36.4 Å². The Hall–Kier alpha value is -2.30. The van der Waals surface area contributed by atoms with Crippen LogP contribution in [0.3, 0.4) is 0 Å². The number of nitrogens with one attached hydrogen (secondary N) is 2. The predicted molar refractivity (Wildman–Crippen MR) is 89.0 cm³/mol. The van der Waals surface area contributed by atoms with Crippen LogP contribution in [0.15, 0.2) is 53.5 Å². The van der Waals surface area contributed by atoms with Gasteiger partial charge >= 0.3 is 0 Å². The number of carbonyl (C=O) groups excluding carboxylic acids is 1. The lowest BCUT2D eigenvalue weighted by molar-refractivity contribution is 0.102. The molecule has 110 valence electrons. The van der Waals surface area contributed by atoms with E-state index in [1.807, 2.05) is 0 Å². The highest BCUT2D eigenvalue weighted by Crippen LogP contribution is 2.17. The monoisotopic (exact) mass is 332 g/mol. The number of aromatic nitrogens is 1. The smallest absolute Gasteiger partial charge is 0.261 e. The predicted octanol–water partition coefficient (Wildman–Crippen LogP) is 4.09. The second kappa shape index (κ2) is 5.83. The minimum atomic E-state index is -0.509. The van der Waals surface area contributed by atoms with Crippen molar-refractivity contribution in [3.63, 3.8) is 0 Å². The minimum Gasteiger partial charge on any atom is -0.360 e. The highest BCUT2D eigenvalue weighted by Gasteiger charge is 2.13. The molecule has 0 saturated heterocycles. The fourth-order valence-electron chi connectivity index (χ4n) is 2.12. The second-order valence-electron chi connectivity index (χ2n) is 4.69. The number of halogens is 2. The zero-order valence-corrected chi connectivity index (χ0v) is 12.7. The van der Waals surface area contributed by atoms with E-state index in [2.05, 4.69) is 10.3 Å². The van der Waals surface area contributed by atoms with Crippen LogP contribution in [0.5, 0.6) is 0 Å². The van der Waals surface area contributed by atoms with Crippen molar-refractivity contribution in [3.05, 3.63) is 74.5 Å². The Balaban J connectivity index is 2.01. The third kappa shape index (κ3) is 2.84. The van der Waals surface area contributed by atoms with Crippen molar-refractivity contribution in [2.45, 2.75) is 0 Å². The van der Waals surface area contributed by atoms with Crippen molar-refractivity contribution in [1.82, 2.24) is 4.98 Å². The zero-order valence-electron chi connectivity index (χ0n) is 11.2. The van der Waals surface area contributed by atoms with Gasteiger partial charge in [-0.15, -0.1) is 0 Å². The van der Waals surface area contributed by atoms with Crippen LogP contribution in [0.2, 0.25) is 10.0 Å². The lowest BCUT2D eigenvalue weighted by atomic mass is 10.1. The molecule has 0 spiro atoms. The third-order valence-corrected chi connectivity index (χ3v) is 3.64. The van der Waals surface area contributed by atoms with Crippen LogP contribution in [-0.4, -0.2) is 10.9 Å². The van der Waals surface area contributed by atoms with Crippen LogP contribution in [0, 0.1) is 0 Å². The number of anilines is 1. The number of rotatable bonds is 2. The molecular formula is C16H10Cl2N2O2. The normalized spacial score (nSPS) is 10.6. The lowest BCUT2D eigenvalue weighted by Crippen LogP contribution is -2.21. The largest absolute Gasteiger partial charge is 0.360 e. The molecule has 2 aromatic carbocycles. The van der Waals surface area contributed by atoms with E-state index in [-0.39, 0.29) is 11.0 Å². The summed E-state index contributed by atoms with van der Waals surface area (Å²) in [6.07, 6.45) is 1.39. The summed E-state index contributed by atoms with van der Waals surface area (Å²) in [7, 11) is 0. The van der Waals surface area contributed by atoms with Gasteiger partial charge < -0.3 is 10.3 Å². The number of benzene rings is 2. The number of H-pyrrole nitrogens is 1. The molecule has 0 saturated carbocycles. The molecule has 0 aliphatic heterocycles. The van der Waals surface area contributed by atoms with E-state index in [9.17, 15) is 9.59 Å². The maximum Gasteiger partial charge on any atom is 0.261 e. The van der Waals surface area contributed by atoms with Gasteiger partial charge in [0.1, 0.15) is 5.56 Å². The van der Waals surface area contributed by atoms with Gasteiger partial charge in [-0.3, -0.25) is 9.59 Å². The molecule has 0 aliphatic carbocycles. The average Bonchev–Trinajstić information content (AvgIpc) is 2.48. The minimum absolute atomic E-state index is 0.00902. The molecule has 0 bridgehead atoms. The molecule has 0 radical (unpaired) electrons. The van der Waals surface area contributed by atoms with Gasteiger partial charge in [0.15, 0.2) is 0 Å². The molecule has 0 fully saturated rings. The van der Waals surface area contributed by atoms with Crippen molar-refractivity contribution in [2.24, 2.45) is 0 Å². The standard InChI is InChI=1S/C16H10Cl2N2O2/c17-9-2-1-3-11(6-9)20-16(22)13-8-19-14-5-4-10(18)7-12(14)15(13)21/h1-8H,(H,19,21)(H,20,22). The Labute approximate surface area is 135 Å². The Morgan fingerprint density at radius 1 is 1.05 bits per heavy atom. The molecular weight excluding hydrogens is 323 g/mol. The molecule has 1 aromatic heterocycles. The Bertz CT molecular complexity index is 935. The summed E-state index contributed by atoms with van der Waals surface area (Å²) < 4.78 is 0. The van der Waals surface area contributed by atoms with E-state index < -0.39 is 5.91 Å². The van der Waals surface area contributed by atoms with Crippen LogP contribution in [0.4, 0.5) is 5.69 Å². The van der Waals surface area contributed by atoms with E-state index in [0.29, 0.717) is 26.6 Å². The summed E-state index contributed by atoms with van der Waals surface area (Å²) in [6, 6.07) is 11.6. The summed E-state index contributed by atoms with van der Waals surface area (Å²) in [5.74, 6) is -0.509. The molecule has 0 atom stereocenters. The third-order valence-electron chi connectivity index (χ3n) is 3.17. The van der Waals surface area contributed by atoms with Gasteiger partial charge in [-0.2, -0.15) is 0 Å². The summed E-state index contributed by atoms with van der Waals surface area (Å²) in [5, 5.41) is 3.94. The van der Waals surface area contributed by atoms with Gasteiger partial charge in [0.05, 0.1) is 0 Å². The quantitative estimate of drug-likeness (QED) is 0.742. The molecule has 3 aromatic rings. The molecule has 4 nitrogen and oxygen atoms in total. The maximum absolute atomic E-state index is 12.4. The fourth-order valence-corrected chi connectivity index (χ4v) is 2.49. The van der Waals surface area contributed by atoms with Crippen molar-refractivity contribution in [1.29, 1.82) is 0 Å². The maximum atomic E-state index is 12.4. The average molecular weight is 333 g/mol. The van der Waals surface area contributed by atoms with Gasteiger partial charge in [-0.1, -0.05) is 29.3 Å². The summed E-state index contributed by atoms with van der Waals surface area (Å²) in [6.45, 7) is 0. The van der Waals surface area contributed by atoms with Crippen LogP contribution in [0.1, 0.15) is 10.4 Å². The zero-order chi connectivity index (χ0) is 15.7. The van der Waals surface area contributed by atoms with E-state index in [0.717, 1.165) is 0 Å². The lowest BCUT2D eigenvalue weighted by Gasteiger charge is -2.06. The van der Waals surface area contributed by atoms with Gasteiger partial charge in [-0.25, -0.2) is 0 Å². The topological polar surface area (TPSA) is 62.0 Å². The first-order valence-corrected chi connectivity index (χ1v) is 7.18. The van der Waals surface area contributed by atoms with E-state index >= 15 is 0 Å². The molecule has 0 unspecified atom stereocenters.